The van der Waals surface area contributed by atoms with Gasteiger partial charge < -0.3 is 0 Å². The number of nitrogens with zero attached hydrogens (tertiary/aromatic N) is 2. The predicted molar refractivity (Wildman–Crippen MR) is 76.7 cm³/mol. The highest BCUT2D eigenvalue weighted by atomic mass is 16.7. The van der Waals surface area contributed by atoms with Crippen molar-refractivity contribution < 1.29 is 9.63 Å². The second-order valence-corrected chi connectivity index (χ2v) is 5.32. The van der Waals surface area contributed by atoms with Crippen LogP contribution in [0.5, 0.6) is 0 Å². The van der Waals surface area contributed by atoms with Crippen molar-refractivity contribution in [3.8, 4) is 0 Å². The van der Waals surface area contributed by atoms with Crippen molar-refractivity contribution >= 4 is 5.91 Å². The molecule has 106 valence electrons. The van der Waals surface area contributed by atoms with Crippen LogP contribution in [0.25, 0.3) is 0 Å². The molecule has 2 bridgehead atoms. The average Bonchev–Trinajstić information content (AvgIpc) is 2.46. The molecule has 4 heteroatoms. The minimum absolute atomic E-state index is 0.00206. The first kappa shape index (κ1) is 13.3. The Labute approximate surface area is 119 Å². The van der Waals surface area contributed by atoms with Crippen molar-refractivity contribution in [1.82, 2.24) is 9.96 Å². The summed E-state index contributed by atoms with van der Waals surface area (Å²) >= 11 is 0. The third kappa shape index (κ3) is 2.62. The van der Waals surface area contributed by atoms with Crippen molar-refractivity contribution in [3.63, 3.8) is 0 Å². The molecule has 0 radical (unpaired) electrons. The number of fused-ring (bicyclic) bond motifs is 2. The summed E-state index contributed by atoms with van der Waals surface area (Å²) < 4.78 is 0. The normalized spacial score (nSPS) is 28.4. The number of rotatable bonds is 3. The van der Waals surface area contributed by atoms with Crippen LogP contribution in [-0.4, -0.2) is 41.2 Å². The number of hydroxylamine groups is 2. The van der Waals surface area contributed by atoms with Crippen molar-refractivity contribution in [2.45, 2.75) is 31.9 Å². The van der Waals surface area contributed by atoms with Gasteiger partial charge in [0.15, 0.2) is 0 Å². The summed E-state index contributed by atoms with van der Waals surface area (Å²) in [4.78, 5) is 20.5. The molecule has 0 N–H and O–H groups in total. The average molecular weight is 272 g/mol. The van der Waals surface area contributed by atoms with Gasteiger partial charge in [-0.3, -0.25) is 14.5 Å². The molecule has 3 rings (SSSR count). The first-order valence-electron chi connectivity index (χ1n) is 7.19. The van der Waals surface area contributed by atoms with E-state index >= 15 is 0 Å². The number of amides is 1. The first-order valence-corrected chi connectivity index (χ1v) is 7.19. The summed E-state index contributed by atoms with van der Waals surface area (Å²) in [5, 5.41) is 1.52. The Morgan fingerprint density at radius 1 is 1.35 bits per heavy atom. The molecule has 0 spiro atoms. The molecular formula is C16H20N2O2. The Balaban J connectivity index is 1.67. The molecule has 4 nitrogen and oxygen atoms in total. The molecular weight excluding hydrogens is 252 g/mol. The van der Waals surface area contributed by atoms with Gasteiger partial charge in [0.1, 0.15) is 12.8 Å². The van der Waals surface area contributed by atoms with Crippen LogP contribution in [0.15, 0.2) is 42.5 Å². The maximum atomic E-state index is 12.3. The van der Waals surface area contributed by atoms with Gasteiger partial charge in [0.05, 0.1) is 6.42 Å². The number of carbonyl (C=O) groups excluding carboxylic acids is 1. The summed E-state index contributed by atoms with van der Waals surface area (Å²) in [6.07, 6.45) is 5.63. The SMILES string of the molecule is CCC1C2C=CCN1CN(C(=O)Cc1ccccc1)O2. The lowest BCUT2D eigenvalue weighted by Gasteiger charge is -2.46. The van der Waals surface area contributed by atoms with E-state index in [0.29, 0.717) is 19.1 Å². The lowest BCUT2D eigenvalue weighted by atomic mass is 10.0. The van der Waals surface area contributed by atoms with Gasteiger partial charge in [0.2, 0.25) is 0 Å². The van der Waals surface area contributed by atoms with Gasteiger partial charge in [-0.2, -0.15) is 0 Å². The molecule has 1 aromatic carbocycles. The fraction of sp³-hybridized carbons (Fsp3) is 0.438. The van der Waals surface area contributed by atoms with Crippen LogP contribution in [0.2, 0.25) is 0 Å². The summed E-state index contributed by atoms with van der Waals surface area (Å²) in [6.45, 7) is 3.62. The first-order chi connectivity index (χ1) is 9.78. The minimum Gasteiger partial charge on any atom is -0.274 e. The lowest BCUT2D eigenvalue weighted by molar-refractivity contribution is -0.252. The van der Waals surface area contributed by atoms with E-state index in [1.165, 1.54) is 5.06 Å². The number of hydrogen-bond acceptors (Lipinski definition) is 3. The van der Waals surface area contributed by atoms with Gasteiger partial charge in [0.25, 0.3) is 5.91 Å². The van der Waals surface area contributed by atoms with Crippen molar-refractivity contribution in [3.05, 3.63) is 48.0 Å². The maximum Gasteiger partial charge on any atom is 0.251 e. The molecule has 1 fully saturated rings. The second kappa shape index (κ2) is 5.77. The third-order valence-corrected chi connectivity index (χ3v) is 3.97. The fourth-order valence-corrected chi connectivity index (χ4v) is 2.90. The molecule has 1 amide bonds. The molecule has 2 heterocycles. The van der Waals surface area contributed by atoms with E-state index < -0.39 is 0 Å². The van der Waals surface area contributed by atoms with Gasteiger partial charge in [0, 0.05) is 12.6 Å². The standard InChI is InChI=1S/C16H20N2O2/c1-2-14-15-9-6-10-17(14)12-18(20-15)16(19)11-13-7-4-3-5-8-13/h3-9,14-15H,2,10-12H2,1H3. The highest BCUT2D eigenvalue weighted by molar-refractivity contribution is 5.77. The van der Waals surface area contributed by atoms with E-state index in [2.05, 4.69) is 24.0 Å². The van der Waals surface area contributed by atoms with E-state index in [1.54, 1.807) is 0 Å². The zero-order valence-electron chi connectivity index (χ0n) is 11.7. The van der Waals surface area contributed by atoms with Crippen LogP contribution in [0.4, 0.5) is 0 Å². The van der Waals surface area contributed by atoms with Crippen LogP contribution >= 0.6 is 0 Å². The molecule has 1 aromatic rings. The Bertz CT molecular complexity index is 500. The van der Waals surface area contributed by atoms with Crippen LogP contribution in [-0.2, 0) is 16.1 Å². The Kier molecular flexibility index (Phi) is 3.85. The fourth-order valence-electron chi connectivity index (χ4n) is 2.90. The summed E-state index contributed by atoms with van der Waals surface area (Å²) in [5.74, 6) is 0.0241. The molecule has 0 saturated carbocycles. The van der Waals surface area contributed by atoms with Crippen molar-refractivity contribution in [1.29, 1.82) is 0 Å². The van der Waals surface area contributed by atoms with E-state index in [1.807, 2.05) is 30.3 Å². The van der Waals surface area contributed by atoms with Crippen LogP contribution in [0.1, 0.15) is 18.9 Å². The van der Waals surface area contributed by atoms with Gasteiger partial charge >= 0.3 is 0 Å². The topological polar surface area (TPSA) is 32.8 Å². The summed E-state index contributed by atoms with van der Waals surface area (Å²) in [7, 11) is 0. The van der Waals surface area contributed by atoms with E-state index in [4.69, 9.17) is 4.84 Å². The second-order valence-electron chi connectivity index (χ2n) is 5.32. The molecule has 0 aliphatic carbocycles. The van der Waals surface area contributed by atoms with E-state index in [-0.39, 0.29) is 12.0 Å². The monoisotopic (exact) mass is 272 g/mol. The van der Waals surface area contributed by atoms with Gasteiger partial charge in [-0.15, -0.1) is 0 Å². The Hall–Kier alpha value is -1.65. The van der Waals surface area contributed by atoms with Crippen LogP contribution in [0.3, 0.4) is 0 Å². The van der Waals surface area contributed by atoms with Crippen LogP contribution < -0.4 is 0 Å². The highest BCUT2D eigenvalue weighted by Gasteiger charge is 2.37. The summed E-state index contributed by atoms with van der Waals surface area (Å²) in [6, 6.07) is 10.2. The lowest BCUT2D eigenvalue weighted by Crippen LogP contribution is -2.59. The van der Waals surface area contributed by atoms with Gasteiger partial charge in [-0.25, -0.2) is 5.06 Å². The quantitative estimate of drug-likeness (QED) is 0.789. The minimum atomic E-state index is 0.00206. The third-order valence-electron chi connectivity index (χ3n) is 3.97. The van der Waals surface area contributed by atoms with Crippen molar-refractivity contribution in [2.24, 2.45) is 0 Å². The maximum absolute atomic E-state index is 12.3. The molecule has 3 unspecified atom stereocenters. The predicted octanol–water partition coefficient (Wildman–Crippen LogP) is 1.98. The molecule has 20 heavy (non-hydrogen) atoms. The molecule has 1 saturated heterocycles. The molecule has 2 aliphatic heterocycles. The Morgan fingerprint density at radius 2 is 2.15 bits per heavy atom. The summed E-state index contributed by atoms with van der Waals surface area (Å²) in [5.41, 5.74) is 1.02. The smallest absolute Gasteiger partial charge is 0.251 e. The Morgan fingerprint density at radius 3 is 2.85 bits per heavy atom. The molecule has 3 atom stereocenters. The van der Waals surface area contributed by atoms with Gasteiger partial charge in [-0.05, 0) is 12.0 Å². The zero-order valence-corrected chi connectivity index (χ0v) is 11.7. The molecule has 2 aliphatic rings. The van der Waals surface area contributed by atoms with E-state index in [9.17, 15) is 4.79 Å². The molecule has 0 aromatic heterocycles. The van der Waals surface area contributed by atoms with Crippen LogP contribution in [0, 0.1) is 0 Å². The number of benzene rings is 1. The van der Waals surface area contributed by atoms with E-state index in [0.717, 1.165) is 18.5 Å². The van der Waals surface area contributed by atoms with Gasteiger partial charge in [-0.1, -0.05) is 49.4 Å². The number of hydrogen-bond donors (Lipinski definition) is 0. The zero-order chi connectivity index (χ0) is 13.9. The van der Waals surface area contributed by atoms with Crippen molar-refractivity contribution in [2.75, 3.05) is 13.2 Å². The number of carbonyl (C=O) groups is 1. The largest absolute Gasteiger partial charge is 0.274 e. The highest BCUT2D eigenvalue weighted by Crippen LogP contribution is 2.24.